The number of nitrogens with zero attached hydrogens (tertiary/aromatic N) is 1. The second kappa shape index (κ2) is 6.97. The summed E-state index contributed by atoms with van der Waals surface area (Å²) in [5.41, 5.74) is 0.930. The van der Waals surface area contributed by atoms with Crippen molar-refractivity contribution in [2.45, 2.75) is 18.7 Å². The third kappa shape index (κ3) is 3.63. The molecule has 0 amide bonds. The average molecular weight is 240 g/mol. The minimum atomic E-state index is 0.400. The van der Waals surface area contributed by atoms with E-state index in [1.54, 1.807) is 7.11 Å². The minimum absolute atomic E-state index is 0.400. The lowest BCUT2D eigenvalue weighted by Gasteiger charge is -2.10. The molecule has 0 aromatic heterocycles. The summed E-state index contributed by atoms with van der Waals surface area (Å²) >= 11 is 5.79. The highest BCUT2D eigenvalue weighted by Gasteiger charge is 2.04. The van der Waals surface area contributed by atoms with Gasteiger partial charge in [0.15, 0.2) is 0 Å². The molecule has 0 bridgehead atoms. The van der Waals surface area contributed by atoms with E-state index in [1.807, 2.05) is 18.2 Å². The summed E-state index contributed by atoms with van der Waals surface area (Å²) in [5, 5.41) is 8.40. The molecule has 16 heavy (non-hydrogen) atoms. The first-order valence-electron chi connectivity index (χ1n) is 5.04. The Hall–Kier alpha value is -1.40. The molecule has 86 valence electrons. The number of rotatable bonds is 6. The van der Waals surface area contributed by atoms with Crippen LogP contribution in [0.3, 0.4) is 0 Å². The molecular weight excluding hydrogens is 226 g/mol. The van der Waals surface area contributed by atoms with Crippen molar-refractivity contribution in [3.05, 3.63) is 23.8 Å². The highest BCUT2D eigenvalue weighted by molar-refractivity contribution is 6.17. The molecular formula is C12H14ClNO2. The number of methoxy groups -OCH3 is 1. The lowest BCUT2D eigenvalue weighted by molar-refractivity contribution is 0.308. The van der Waals surface area contributed by atoms with Crippen molar-refractivity contribution in [3.8, 4) is 17.6 Å². The van der Waals surface area contributed by atoms with Crippen molar-refractivity contribution in [2.75, 3.05) is 13.7 Å². The van der Waals surface area contributed by atoms with Crippen LogP contribution in [-0.2, 0) is 5.88 Å². The van der Waals surface area contributed by atoms with E-state index in [0.29, 0.717) is 18.9 Å². The molecule has 0 fully saturated rings. The van der Waals surface area contributed by atoms with Gasteiger partial charge in [-0.1, -0.05) is 6.07 Å². The third-order valence-corrected chi connectivity index (χ3v) is 2.40. The highest BCUT2D eigenvalue weighted by Crippen LogP contribution is 2.26. The van der Waals surface area contributed by atoms with Gasteiger partial charge in [-0.05, 0) is 12.5 Å². The molecule has 0 aliphatic heterocycles. The predicted molar refractivity (Wildman–Crippen MR) is 62.9 cm³/mol. The maximum Gasteiger partial charge on any atom is 0.127 e. The van der Waals surface area contributed by atoms with Crippen molar-refractivity contribution >= 4 is 11.6 Å². The Morgan fingerprint density at radius 2 is 2.25 bits per heavy atom. The number of halogens is 1. The van der Waals surface area contributed by atoms with Crippen molar-refractivity contribution < 1.29 is 9.47 Å². The van der Waals surface area contributed by atoms with E-state index in [-0.39, 0.29) is 0 Å². The van der Waals surface area contributed by atoms with E-state index >= 15 is 0 Å². The molecule has 0 radical (unpaired) electrons. The monoisotopic (exact) mass is 239 g/mol. The van der Waals surface area contributed by atoms with Crippen LogP contribution in [0, 0.1) is 11.3 Å². The number of nitriles is 1. The predicted octanol–water partition coefficient (Wildman–Crippen LogP) is 3.12. The van der Waals surface area contributed by atoms with Gasteiger partial charge in [0.25, 0.3) is 0 Å². The number of hydrogen-bond donors (Lipinski definition) is 0. The Morgan fingerprint density at radius 3 is 2.88 bits per heavy atom. The van der Waals surface area contributed by atoms with Gasteiger partial charge in [-0.2, -0.15) is 5.26 Å². The third-order valence-electron chi connectivity index (χ3n) is 2.11. The summed E-state index contributed by atoms with van der Waals surface area (Å²) in [6, 6.07) is 7.61. The van der Waals surface area contributed by atoms with Crippen molar-refractivity contribution in [1.82, 2.24) is 0 Å². The largest absolute Gasteiger partial charge is 0.497 e. The maximum absolute atomic E-state index is 8.40. The molecule has 0 atom stereocenters. The first kappa shape index (κ1) is 12.7. The van der Waals surface area contributed by atoms with Crippen LogP contribution in [0.4, 0.5) is 0 Å². The second-order valence-electron chi connectivity index (χ2n) is 3.22. The Balaban J connectivity index is 2.64. The number of benzene rings is 1. The Labute approximate surface area is 101 Å². The zero-order chi connectivity index (χ0) is 11.8. The van der Waals surface area contributed by atoms with Crippen LogP contribution in [0.1, 0.15) is 18.4 Å². The number of unbranched alkanes of at least 4 members (excludes halogenated alkanes) is 1. The zero-order valence-corrected chi connectivity index (χ0v) is 9.96. The molecule has 0 heterocycles. The van der Waals surface area contributed by atoms with Crippen LogP contribution >= 0.6 is 11.6 Å². The van der Waals surface area contributed by atoms with Crippen LogP contribution in [0.2, 0.25) is 0 Å². The number of alkyl halides is 1. The van der Waals surface area contributed by atoms with Crippen molar-refractivity contribution in [1.29, 1.82) is 5.26 Å². The highest BCUT2D eigenvalue weighted by atomic mass is 35.5. The lowest BCUT2D eigenvalue weighted by atomic mass is 10.2. The van der Waals surface area contributed by atoms with Crippen molar-refractivity contribution in [3.63, 3.8) is 0 Å². The van der Waals surface area contributed by atoms with Gasteiger partial charge in [0.05, 0.1) is 25.7 Å². The van der Waals surface area contributed by atoms with Gasteiger partial charge in [0, 0.05) is 18.1 Å². The quantitative estimate of drug-likeness (QED) is 0.566. The first-order chi connectivity index (χ1) is 7.81. The smallest absolute Gasteiger partial charge is 0.127 e. The van der Waals surface area contributed by atoms with Gasteiger partial charge in [-0.15, -0.1) is 11.6 Å². The normalized spacial score (nSPS) is 9.56. The van der Waals surface area contributed by atoms with Gasteiger partial charge in [-0.25, -0.2) is 0 Å². The SMILES string of the molecule is COc1ccc(CCl)c(OCCCC#N)c1. The standard InChI is InChI=1S/C12H14ClNO2/c1-15-11-5-4-10(9-13)12(8-11)16-7-3-2-6-14/h4-5,8H,2-3,7,9H2,1H3. The summed E-state index contributed by atoms with van der Waals surface area (Å²) < 4.78 is 10.7. The molecule has 0 saturated carbocycles. The molecule has 0 saturated heterocycles. The Morgan fingerprint density at radius 1 is 1.44 bits per heavy atom. The molecule has 1 aromatic carbocycles. The van der Waals surface area contributed by atoms with Crippen LogP contribution in [0.25, 0.3) is 0 Å². The average Bonchev–Trinajstić information content (AvgIpc) is 2.34. The van der Waals surface area contributed by atoms with Gasteiger partial charge < -0.3 is 9.47 Å². The molecule has 0 aliphatic rings. The Bertz CT molecular complexity index is 374. The molecule has 3 nitrogen and oxygen atoms in total. The molecule has 4 heteroatoms. The number of hydrogen-bond acceptors (Lipinski definition) is 3. The second-order valence-corrected chi connectivity index (χ2v) is 3.48. The van der Waals surface area contributed by atoms with E-state index < -0.39 is 0 Å². The lowest BCUT2D eigenvalue weighted by Crippen LogP contribution is -1.99. The van der Waals surface area contributed by atoms with Crippen LogP contribution in [0.5, 0.6) is 11.5 Å². The van der Waals surface area contributed by atoms with Crippen LogP contribution in [0.15, 0.2) is 18.2 Å². The minimum Gasteiger partial charge on any atom is -0.497 e. The molecule has 1 aromatic rings. The van der Waals surface area contributed by atoms with Crippen LogP contribution < -0.4 is 9.47 Å². The van der Waals surface area contributed by atoms with Gasteiger partial charge in [-0.3, -0.25) is 0 Å². The van der Waals surface area contributed by atoms with E-state index in [2.05, 4.69) is 6.07 Å². The molecule has 1 rings (SSSR count). The summed E-state index contributed by atoms with van der Waals surface area (Å²) in [6.07, 6.45) is 1.22. The van der Waals surface area contributed by atoms with E-state index in [0.717, 1.165) is 23.5 Å². The molecule has 0 unspecified atom stereocenters. The summed E-state index contributed by atoms with van der Waals surface area (Å²) in [4.78, 5) is 0. The Kier molecular flexibility index (Phi) is 5.52. The van der Waals surface area contributed by atoms with E-state index in [1.165, 1.54) is 0 Å². The zero-order valence-electron chi connectivity index (χ0n) is 9.20. The number of ether oxygens (including phenoxy) is 2. The van der Waals surface area contributed by atoms with Crippen LogP contribution in [-0.4, -0.2) is 13.7 Å². The fraction of sp³-hybridized carbons (Fsp3) is 0.417. The van der Waals surface area contributed by atoms with Crippen molar-refractivity contribution in [2.24, 2.45) is 0 Å². The summed E-state index contributed by atoms with van der Waals surface area (Å²) in [6.45, 7) is 0.518. The first-order valence-corrected chi connectivity index (χ1v) is 5.58. The van der Waals surface area contributed by atoms with Gasteiger partial charge in [0.2, 0.25) is 0 Å². The fourth-order valence-corrected chi connectivity index (χ4v) is 1.46. The van der Waals surface area contributed by atoms with Gasteiger partial charge in [0.1, 0.15) is 11.5 Å². The van der Waals surface area contributed by atoms with Gasteiger partial charge >= 0.3 is 0 Å². The molecule has 0 N–H and O–H groups in total. The molecule has 0 aliphatic carbocycles. The molecule has 0 spiro atoms. The van der Waals surface area contributed by atoms with E-state index in [4.69, 9.17) is 26.3 Å². The fourth-order valence-electron chi connectivity index (χ4n) is 1.24. The maximum atomic E-state index is 8.40. The topological polar surface area (TPSA) is 42.2 Å². The summed E-state index contributed by atoms with van der Waals surface area (Å²) in [5.74, 6) is 1.87. The summed E-state index contributed by atoms with van der Waals surface area (Å²) in [7, 11) is 1.61. The van der Waals surface area contributed by atoms with E-state index in [9.17, 15) is 0 Å².